The number of fused-ring (bicyclic) bond motifs is 1. The number of benzene rings is 2. The van der Waals surface area contributed by atoms with E-state index < -0.39 is 5.92 Å². The van der Waals surface area contributed by atoms with E-state index in [4.69, 9.17) is 4.74 Å². The molecule has 1 atom stereocenters. The molecule has 1 aliphatic heterocycles. The minimum absolute atomic E-state index is 0.0585. The lowest BCUT2D eigenvalue weighted by atomic mass is 10.1. The first-order valence-electron chi connectivity index (χ1n) is 8.00. The Morgan fingerprint density at radius 2 is 2.08 bits per heavy atom. The maximum Gasteiger partial charge on any atom is 0.311 e. The van der Waals surface area contributed by atoms with Gasteiger partial charge in [0.15, 0.2) is 0 Å². The Balaban J connectivity index is 1.65. The molecule has 1 amide bonds. The van der Waals surface area contributed by atoms with Gasteiger partial charge in [-0.3, -0.25) is 9.59 Å². The Morgan fingerprint density at radius 3 is 2.88 bits per heavy atom. The van der Waals surface area contributed by atoms with Gasteiger partial charge in [-0.2, -0.15) is 0 Å². The first-order valence-corrected chi connectivity index (χ1v) is 8.81. The van der Waals surface area contributed by atoms with Gasteiger partial charge >= 0.3 is 5.97 Å². The first kappa shape index (κ1) is 15.8. The van der Waals surface area contributed by atoms with Gasteiger partial charge in [0.05, 0.1) is 23.2 Å². The van der Waals surface area contributed by atoms with Crippen LogP contribution in [0.2, 0.25) is 0 Å². The average Bonchev–Trinajstić information content (AvgIpc) is 3.24. The van der Waals surface area contributed by atoms with Gasteiger partial charge in [0.1, 0.15) is 5.01 Å². The van der Waals surface area contributed by atoms with Crippen molar-refractivity contribution in [1.29, 1.82) is 0 Å². The molecule has 0 radical (unpaired) electrons. The number of methoxy groups -OCH3 is 1. The van der Waals surface area contributed by atoms with Crippen LogP contribution < -0.4 is 4.90 Å². The second kappa shape index (κ2) is 6.29. The fraction of sp³-hybridized carbons (Fsp3) is 0.211. The van der Waals surface area contributed by atoms with Crippen LogP contribution in [-0.4, -0.2) is 30.5 Å². The Bertz CT molecular complexity index is 933. The quantitative estimate of drug-likeness (QED) is 0.677. The number of aromatic nitrogens is 1. The molecule has 1 saturated heterocycles. The lowest BCUT2D eigenvalue weighted by Crippen LogP contribution is -2.26. The van der Waals surface area contributed by atoms with Crippen LogP contribution in [0.3, 0.4) is 0 Å². The van der Waals surface area contributed by atoms with E-state index >= 15 is 0 Å². The molecule has 5 nitrogen and oxygen atoms in total. The molecule has 1 fully saturated rings. The number of carbonyl (C=O) groups is 2. The van der Waals surface area contributed by atoms with Gasteiger partial charge in [-0.05, 0) is 24.3 Å². The molecule has 0 N–H and O–H groups in total. The van der Waals surface area contributed by atoms with E-state index in [1.54, 1.807) is 16.2 Å². The van der Waals surface area contributed by atoms with Crippen LogP contribution in [0.25, 0.3) is 20.8 Å². The molecule has 25 heavy (non-hydrogen) atoms. The number of amides is 1. The van der Waals surface area contributed by atoms with Crippen molar-refractivity contribution in [2.45, 2.75) is 6.42 Å². The summed E-state index contributed by atoms with van der Waals surface area (Å²) < 4.78 is 5.90. The maximum absolute atomic E-state index is 12.3. The van der Waals surface area contributed by atoms with Crippen molar-refractivity contribution in [2.75, 3.05) is 18.6 Å². The van der Waals surface area contributed by atoms with Crippen LogP contribution in [0, 0.1) is 5.92 Å². The minimum atomic E-state index is -0.399. The molecule has 3 aromatic rings. The van der Waals surface area contributed by atoms with Crippen LogP contribution in [0.1, 0.15) is 6.42 Å². The fourth-order valence-electron chi connectivity index (χ4n) is 3.08. The summed E-state index contributed by atoms with van der Waals surface area (Å²) in [7, 11) is 1.35. The zero-order valence-corrected chi connectivity index (χ0v) is 14.5. The van der Waals surface area contributed by atoms with E-state index in [-0.39, 0.29) is 18.3 Å². The first-order chi connectivity index (χ1) is 12.2. The lowest BCUT2D eigenvalue weighted by molar-refractivity contribution is -0.145. The third-order valence-corrected chi connectivity index (χ3v) is 5.44. The highest BCUT2D eigenvalue weighted by molar-refractivity contribution is 7.21. The van der Waals surface area contributed by atoms with Crippen LogP contribution >= 0.6 is 11.3 Å². The highest BCUT2D eigenvalue weighted by Gasteiger charge is 2.35. The predicted octanol–water partition coefficient (Wildman–Crippen LogP) is 3.49. The largest absolute Gasteiger partial charge is 0.469 e. The highest BCUT2D eigenvalue weighted by atomic mass is 32.1. The number of thiazole rings is 1. The molecule has 0 spiro atoms. The smallest absolute Gasteiger partial charge is 0.311 e. The summed E-state index contributed by atoms with van der Waals surface area (Å²) in [4.78, 5) is 30.3. The third kappa shape index (κ3) is 2.89. The normalized spacial score (nSPS) is 17.2. The molecule has 1 aliphatic rings. The van der Waals surface area contributed by atoms with Crippen LogP contribution in [0.4, 0.5) is 5.69 Å². The molecular formula is C19H16N2O3S. The van der Waals surface area contributed by atoms with Gasteiger partial charge in [-0.15, -0.1) is 11.3 Å². The van der Waals surface area contributed by atoms with Crippen molar-refractivity contribution in [1.82, 2.24) is 4.98 Å². The van der Waals surface area contributed by atoms with E-state index in [0.29, 0.717) is 6.54 Å². The average molecular weight is 352 g/mol. The Labute approximate surface area is 148 Å². The molecule has 4 rings (SSSR count). The van der Waals surface area contributed by atoms with Gasteiger partial charge in [-0.1, -0.05) is 24.3 Å². The maximum atomic E-state index is 12.3. The number of hydrogen-bond donors (Lipinski definition) is 0. The molecule has 2 aromatic carbocycles. The van der Waals surface area contributed by atoms with Crippen LogP contribution in [0.15, 0.2) is 48.5 Å². The Kier molecular flexibility index (Phi) is 3.97. The second-order valence-electron chi connectivity index (χ2n) is 5.97. The van der Waals surface area contributed by atoms with Crippen LogP contribution in [0.5, 0.6) is 0 Å². The second-order valence-corrected chi connectivity index (χ2v) is 7.00. The molecule has 6 heteroatoms. The summed E-state index contributed by atoms with van der Waals surface area (Å²) in [6.45, 7) is 0.356. The monoisotopic (exact) mass is 352 g/mol. The van der Waals surface area contributed by atoms with Crippen molar-refractivity contribution in [3.05, 3.63) is 48.5 Å². The Morgan fingerprint density at radius 1 is 1.24 bits per heavy atom. The van der Waals surface area contributed by atoms with Gasteiger partial charge in [0.25, 0.3) is 0 Å². The van der Waals surface area contributed by atoms with E-state index in [2.05, 4.69) is 4.98 Å². The van der Waals surface area contributed by atoms with Gasteiger partial charge in [-0.25, -0.2) is 4.98 Å². The number of anilines is 1. The number of esters is 1. The summed E-state index contributed by atoms with van der Waals surface area (Å²) in [6, 6.07) is 15.7. The van der Waals surface area contributed by atoms with Crippen molar-refractivity contribution in [3.63, 3.8) is 0 Å². The van der Waals surface area contributed by atoms with Gasteiger partial charge < -0.3 is 9.64 Å². The van der Waals surface area contributed by atoms with Crippen molar-refractivity contribution in [3.8, 4) is 10.6 Å². The summed E-state index contributed by atoms with van der Waals surface area (Å²) in [5, 5.41) is 0.916. The number of ether oxygens (including phenoxy) is 1. The topological polar surface area (TPSA) is 59.5 Å². The fourth-order valence-corrected chi connectivity index (χ4v) is 4.05. The summed E-state index contributed by atoms with van der Waals surface area (Å²) in [6.07, 6.45) is 0.192. The van der Waals surface area contributed by atoms with E-state index in [1.807, 2.05) is 48.5 Å². The van der Waals surface area contributed by atoms with E-state index in [0.717, 1.165) is 26.5 Å². The molecule has 1 aromatic heterocycles. The zero-order chi connectivity index (χ0) is 17.4. The molecular weight excluding hydrogens is 336 g/mol. The summed E-state index contributed by atoms with van der Waals surface area (Å²) in [5.74, 6) is -0.793. The van der Waals surface area contributed by atoms with E-state index in [1.165, 1.54) is 7.11 Å². The number of hydrogen-bond acceptors (Lipinski definition) is 5. The molecule has 0 unspecified atom stereocenters. The van der Waals surface area contributed by atoms with Gasteiger partial charge in [0.2, 0.25) is 5.91 Å². The minimum Gasteiger partial charge on any atom is -0.469 e. The molecule has 0 saturated carbocycles. The van der Waals surface area contributed by atoms with Crippen LogP contribution in [-0.2, 0) is 14.3 Å². The Hall–Kier alpha value is -2.73. The molecule has 126 valence electrons. The molecule has 0 aliphatic carbocycles. The zero-order valence-electron chi connectivity index (χ0n) is 13.6. The summed E-state index contributed by atoms with van der Waals surface area (Å²) in [5.41, 5.74) is 2.72. The lowest BCUT2D eigenvalue weighted by Gasteiger charge is -2.17. The predicted molar refractivity (Wildman–Crippen MR) is 97.5 cm³/mol. The molecule has 0 bridgehead atoms. The van der Waals surface area contributed by atoms with Crippen molar-refractivity contribution < 1.29 is 14.3 Å². The highest BCUT2D eigenvalue weighted by Crippen LogP contribution is 2.33. The SMILES string of the molecule is COC(=O)[C@@H]1CC(=O)N(c2cccc(-c3nc4ccccc4s3)c2)C1. The number of carbonyl (C=O) groups excluding carboxylic acids is 2. The number of nitrogens with zero attached hydrogens (tertiary/aromatic N) is 2. The number of para-hydroxylation sites is 1. The van der Waals surface area contributed by atoms with Crippen molar-refractivity contribution in [2.24, 2.45) is 5.92 Å². The summed E-state index contributed by atoms with van der Waals surface area (Å²) >= 11 is 1.62. The van der Waals surface area contributed by atoms with E-state index in [9.17, 15) is 9.59 Å². The van der Waals surface area contributed by atoms with Gasteiger partial charge in [0, 0.05) is 24.2 Å². The standard InChI is InChI=1S/C19H16N2O3S/c1-24-19(23)13-10-17(22)21(11-13)14-6-4-5-12(9-14)18-20-15-7-2-3-8-16(15)25-18/h2-9,13H,10-11H2,1H3/t13-/m1/s1. The third-order valence-electron chi connectivity index (χ3n) is 4.36. The molecule has 2 heterocycles. The number of rotatable bonds is 3. The van der Waals surface area contributed by atoms with Crippen molar-refractivity contribution >= 4 is 39.1 Å².